The van der Waals surface area contributed by atoms with Crippen LogP contribution in [-0.2, 0) is 10.2 Å². The molecule has 0 saturated heterocycles. The predicted octanol–water partition coefficient (Wildman–Crippen LogP) is 3.18. The van der Waals surface area contributed by atoms with Crippen molar-refractivity contribution in [2.45, 2.75) is 19.3 Å². The summed E-state index contributed by atoms with van der Waals surface area (Å²) >= 11 is 0. The highest BCUT2D eigenvalue weighted by atomic mass is 16.5. The van der Waals surface area contributed by atoms with E-state index in [-0.39, 0.29) is 11.8 Å². The number of hydrogen-bond acceptors (Lipinski definition) is 3. The highest BCUT2D eigenvalue weighted by molar-refractivity contribution is 6.09. The maximum atomic E-state index is 12.4. The molecule has 0 radical (unpaired) electrons. The third-order valence-corrected chi connectivity index (χ3v) is 4.10. The zero-order chi connectivity index (χ0) is 16.6. The van der Waals surface area contributed by atoms with Crippen molar-refractivity contribution in [2.75, 3.05) is 17.7 Å². The number of anilines is 2. The van der Waals surface area contributed by atoms with Crippen LogP contribution < -0.4 is 15.4 Å². The molecule has 0 fully saturated rings. The number of benzene rings is 2. The third kappa shape index (κ3) is 2.65. The topological polar surface area (TPSA) is 67.4 Å². The smallest absolute Gasteiger partial charge is 0.255 e. The van der Waals surface area contributed by atoms with Crippen LogP contribution in [0.4, 0.5) is 11.4 Å². The molecule has 0 unspecified atom stereocenters. The van der Waals surface area contributed by atoms with Gasteiger partial charge in [0.15, 0.2) is 0 Å². The van der Waals surface area contributed by atoms with E-state index >= 15 is 0 Å². The first-order valence-electron chi connectivity index (χ1n) is 7.33. The summed E-state index contributed by atoms with van der Waals surface area (Å²) in [6.07, 6.45) is 0. The van der Waals surface area contributed by atoms with Crippen LogP contribution in [0.1, 0.15) is 29.8 Å². The molecular formula is C18H18N2O3. The molecule has 3 rings (SSSR count). The molecule has 23 heavy (non-hydrogen) atoms. The SMILES string of the molecule is COc1cccc(NC(=O)c2ccc3c(c2)NC(=O)C3(C)C)c1. The fourth-order valence-corrected chi connectivity index (χ4v) is 2.64. The van der Waals surface area contributed by atoms with Crippen molar-refractivity contribution < 1.29 is 14.3 Å². The van der Waals surface area contributed by atoms with E-state index in [0.717, 1.165) is 5.56 Å². The number of nitrogens with one attached hydrogen (secondary N) is 2. The molecule has 2 aromatic rings. The Labute approximate surface area is 134 Å². The molecule has 0 atom stereocenters. The number of hydrogen-bond donors (Lipinski definition) is 2. The van der Waals surface area contributed by atoms with Gasteiger partial charge < -0.3 is 15.4 Å². The minimum Gasteiger partial charge on any atom is -0.497 e. The molecule has 2 aromatic carbocycles. The second-order valence-electron chi connectivity index (χ2n) is 6.03. The van der Waals surface area contributed by atoms with Gasteiger partial charge in [-0.25, -0.2) is 0 Å². The van der Waals surface area contributed by atoms with Crippen LogP contribution in [0.5, 0.6) is 5.75 Å². The van der Waals surface area contributed by atoms with Gasteiger partial charge in [-0.15, -0.1) is 0 Å². The molecule has 5 heteroatoms. The summed E-state index contributed by atoms with van der Waals surface area (Å²) in [5.74, 6) is 0.378. The molecule has 2 amide bonds. The molecule has 1 aliphatic rings. The number of ether oxygens (including phenoxy) is 1. The second-order valence-corrected chi connectivity index (χ2v) is 6.03. The highest BCUT2D eigenvalue weighted by Gasteiger charge is 2.38. The first-order chi connectivity index (χ1) is 10.9. The average Bonchev–Trinajstić information content (AvgIpc) is 2.76. The van der Waals surface area contributed by atoms with Crippen molar-refractivity contribution in [3.05, 3.63) is 53.6 Å². The van der Waals surface area contributed by atoms with Gasteiger partial charge in [-0.2, -0.15) is 0 Å². The minimum atomic E-state index is -0.572. The molecular weight excluding hydrogens is 292 g/mol. The summed E-state index contributed by atoms with van der Waals surface area (Å²) in [5.41, 5.74) is 2.17. The van der Waals surface area contributed by atoms with Crippen molar-refractivity contribution >= 4 is 23.2 Å². The monoisotopic (exact) mass is 310 g/mol. The Hall–Kier alpha value is -2.82. The van der Waals surface area contributed by atoms with Crippen molar-refractivity contribution in [1.82, 2.24) is 0 Å². The zero-order valence-electron chi connectivity index (χ0n) is 13.3. The van der Waals surface area contributed by atoms with Crippen LogP contribution in [0.25, 0.3) is 0 Å². The van der Waals surface area contributed by atoms with Crippen LogP contribution in [0.15, 0.2) is 42.5 Å². The molecule has 118 valence electrons. The quantitative estimate of drug-likeness (QED) is 0.915. The van der Waals surface area contributed by atoms with Crippen LogP contribution in [0.2, 0.25) is 0 Å². The molecule has 5 nitrogen and oxygen atoms in total. The van der Waals surface area contributed by atoms with E-state index in [1.807, 2.05) is 26.0 Å². The largest absolute Gasteiger partial charge is 0.497 e. The van der Waals surface area contributed by atoms with E-state index in [0.29, 0.717) is 22.7 Å². The van der Waals surface area contributed by atoms with Crippen LogP contribution >= 0.6 is 0 Å². The van der Waals surface area contributed by atoms with E-state index < -0.39 is 5.41 Å². The number of amides is 2. The standard InChI is InChI=1S/C18H18N2O3/c1-18(2)14-8-7-11(9-15(14)20-17(18)22)16(21)19-12-5-4-6-13(10-12)23-3/h4-10H,1-3H3,(H,19,21)(H,20,22). The summed E-state index contributed by atoms with van der Waals surface area (Å²) in [7, 11) is 1.58. The maximum absolute atomic E-state index is 12.4. The van der Waals surface area contributed by atoms with Gasteiger partial charge in [-0.05, 0) is 43.7 Å². The molecule has 0 aliphatic carbocycles. The third-order valence-electron chi connectivity index (χ3n) is 4.10. The van der Waals surface area contributed by atoms with E-state index in [4.69, 9.17) is 4.74 Å². The Morgan fingerprint density at radius 1 is 1.17 bits per heavy atom. The predicted molar refractivity (Wildman–Crippen MR) is 89.0 cm³/mol. The van der Waals surface area contributed by atoms with Crippen molar-refractivity contribution in [1.29, 1.82) is 0 Å². The Morgan fingerprint density at radius 2 is 1.96 bits per heavy atom. The maximum Gasteiger partial charge on any atom is 0.255 e. The summed E-state index contributed by atoms with van der Waals surface area (Å²) < 4.78 is 5.14. The molecule has 0 saturated carbocycles. The lowest BCUT2D eigenvalue weighted by Crippen LogP contribution is -2.26. The zero-order valence-corrected chi connectivity index (χ0v) is 13.3. The molecule has 2 N–H and O–H groups in total. The lowest BCUT2D eigenvalue weighted by molar-refractivity contribution is -0.119. The molecule has 0 bridgehead atoms. The number of fused-ring (bicyclic) bond motifs is 1. The van der Waals surface area contributed by atoms with Crippen molar-refractivity contribution in [3.63, 3.8) is 0 Å². The van der Waals surface area contributed by atoms with Crippen molar-refractivity contribution in [3.8, 4) is 5.75 Å². The summed E-state index contributed by atoms with van der Waals surface area (Å²) in [5, 5.41) is 5.65. The first-order valence-corrected chi connectivity index (χ1v) is 7.33. The van der Waals surface area contributed by atoms with Gasteiger partial charge in [0.2, 0.25) is 5.91 Å². The van der Waals surface area contributed by atoms with E-state index in [1.165, 1.54) is 0 Å². The molecule has 1 heterocycles. The van der Waals surface area contributed by atoms with E-state index in [2.05, 4.69) is 10.6 Å². The fraction of sp³-hybridized carbons (Fsp3) is 0.222. The van der Waals surface area contributed by atoms with E-state index in [1.54, 1.807) is 37.4 Å². The van der Waals surface area contributed by atoms with Crippen molar-refractivity contribution in [2.24, 2.45) is 0 Å². The van der Waals surface area contributed by atoms with Gasteiger partial charge in [0.25, 0.3) is 5.91 Å². The van der Waals surface area contributed by atoms with Gasteiger partial charge in [-0.1, -0.05) is 12.1 Å². The second kappa shape index (κ2) is 5.43. The summed E-state index contributed by atoms with van der Waals surface area (Å²) in [6.45, 7) is 3.73. The Balaban J connectivity index is 1.84. The fourth-order valence-electron chi connectivity index (χ4n) is 2.64. The van der Waals surface area contributed by atoms with Gasteiger partial charge in [-0.3, -0.25) is 9.59 Å². The summed E-state index contributed by atoms with van der Waals surface area (Å²) in [6, 6.07) is 12.4. The number of methoxy groups -OCH3 is 1. The van der Waals surface area contributed by atoms with Gasteiger partial charge in [0, 0.05) is 23.0 Å². The normalized spacial score (nSPS) is 14.8. The van der Waals surface area contributed by atoms with Crippen LogP contribution in [0, 0.1) is 0 Å². The van der Waals surface area contributed by atoms with Crippen LogP contribution in [-0.4, -0.2) is 18.9 Å². The Morgan fingerprint density at radius 3 is 2.70 bits per heavy atom. The molecule has 0 aromatic heterocycles. The Kier molecular flexibility index (Phi) is 3.56. The molecule has 1 aliphatic heterocycles. The first kappa shape index (κ1) is 15.1. The van der Waals surface area contributed by atoms with Gasteiger partial charge in [0.05, 0.1) is 12.5 Å². The van der Waals surface area contributed by atoms with Gasteiger partial charge >= 0.3 is 0 Å². The lowest BCUT2D eigenvalue weighted by Gasteiger charge is -2.15. The number of rotatable bonds is 3. The lowest BCUT2D eigenvalue weighted by atomic mass is 9.86. The average molecular weight is 310 g/mol. The minimum absolute atomic E-state index is 0.0575. The van der Waals surface area contributed by atoms with Gasteiger partial charge in [0.1, 0.15) is 5.75 Å². The molecule has 0 spiro atoms. The Bertz CT molecular complexity index is 797. The summed E-state index contributed by atoms with van der Waals surface area (Å²) in [4.78, 5) is 24.4. The highest BCUT2D eigenvalue weighted by Crippen LogP contribution is 2.37. The number of carbonyl (C=O) groups excluding carboxylic acids is 2. The number of carbonyl (C=O) groups is 2. The van der Waals surface area contributed by atoms with E-state index in [9.17, 15) is 9.59 Å². The van der Waals surface area contributed by atoms with Crippen LogP contribution in [0.3, 0.4) is 0 Å².